The molecule has 2 unspecified atom stereocenters. The van der Waals surface area contributed by atoms with Gasteiger partial charge in [-0.25, -0.2) is 17.6 Å². The van der Waals surface area contributed by atoms with Crippen LogP contribution in [0.3, 0.4) is 0 Å². The van der Waals surface area contributed by atoms with Gasteiger partial charge in [0.1, 0.15) is 0 Å². The Kier molecular flexibility index (Phi) is 6.03. The van der Waals surface area contributed by atoms with E-state index in [4.69, 9.17) is 4.74 Å². The van der Waals surface area contributed by atoms with E-state index in [9.17, 15) is 17.6 Å². The monoisotopic (exact) mass is 202 g/mol. The van der Waals surface area contributed by atoms with Crippen molar-refractivity contribution in [3.05, 3.63) is 0 Å². The third-order valence-electron chi connectivity index (χ3n) is 1.48. The molecule has 0 aliphatic heterocycles. The molecule has 0 heterocycles. The molecule has 5 heteroatoms. The van der Waals surface area contributed by atoms with E-state index in [0.29, 0.717) is 0 Å². The molecule has 0 saturated carbocycles. The highest BCUT2D eigenvalue weighted by molar-refractivity contribution is 4.58. The average molecular weight is 202 g/mol. The summed E-state index contributed by atoms with van der Waals surface area (Å²) in [6.45, 7) is 2.91. The van der Waals surface area contributed by atoms with Crippen molar-refractivity contribution in [1.29, 1.82) is 0 Å². The van der Waals surface area contributed by atoms with Gasteiger partial charge in [0.25, 0.3) is 0 Å². The summed E-state index contributed by atoms with van der Waals surface area (Å²) in [7, 11) is 0. The lowest BCUT2D eigenvalue weighted by Gasteiger charge is -2.18. The fraction of sp³-hybridized carbons (Fsp3) is 1.00. The van der Waals surface area contributed by atoms with Gasteiger partial charge in [-0.1, -0.05) is 0 Å². The first-order valence-corrected chi connectivity index (χ1v) is 4.13. The van der Waals surface area contributed by atoms with Crippen LogP contribution in [-0.2, 0) is 4.74 Å². The molecule has 0 rings (SSSR count). The van der Waals surface area contributed by atoms with E-state index in [2.05, 4.69) is 0 Å². The maximum absolute atomic E-state index is 11.8. The summed E-state index contributed by atoms with van der Waals surface area (Å²) >= 11 is 0. The van der Waals surface area contributed by atoms with E-state index in [-0.39, 0.29) is 0 Å². The fourth-order valence-electron chi connectivity index (χ4n) is 1.01. The summed E-state index contributed by atoms with van der Waals surface area (Å²) in [5.41, 5.74) is 0. The molecule has 0 N–H and O–H groups in total. The molecule has 80 valence electrons. The van der Waals surface area contributed by atoms with Gasteiger partial charge in [0, 0.05) is 12.8 Å². The molecule has 0 spiro atoms. The highest BCUT2D eigenvalue weighted by atomic mass is 19.3. The Morgan fingerprint density at radius 2 is 1.15 bits per heavy atom. The molecule has 0 aromatic rings. The molecule has 0 saturated heterocycles. The second-order valence-electron chi connectivity index (χ2n) is 3.01. The van der Waals surface area contributed by atoms with Crippen LogP contribution in [0.15, 0.2) is 0 Å². The average Bonchev–Trinajstić information content (AvgIpc) is 1.80. The van der Waals surface area contributed by atoms with Crippen molar-refractivity contribution in [2.24, 2.45) is 0 Å². The van der Waals surface area contributed by atoms with Crippen LogP contribution in [0.1, 0.15) is 26.7 Å². The lowest BCUT2D eigenvalue weighted by Crippen LogP contribution is -2.21. The van der Waals surface area contributed by atoms with Gasteiger partial charge >= 0.3 is 0 Å². The molecular weight excluding hydrogens is 188 g/mol. The summed E-state index contributed by atoms with van der Waals surface area (Å²) in [5, 5.41) is 0. The fourth-order valence-corrected chi connectivity index (χ4v) is 1.01. The van der Waals surface area contributed by atoms with Crippen molar-refractivity contribution < 1.29 is 22.3 Å². The van der Waals surface area contributed by atoms with E-state index in [0.717, 1.165) is 0 Å². The number of hydrogen-bond donors (Lipinski definition) is 0. The van der Waals surface area contributed by atoms with E-state index in [1.54, 1.807) is 0 Å². The minimum absolute atomic E-state index is 0.409. The lowest BCUT2D eigenvalue weighted by atomic mass is 10.2. The van der Waals surface area contributed by atoms with Crippen molar-refractivity contribution in [2.45, 2.75) is 51.7 Å². The minimum Gasteiger partial charge on any atom is -0.375 e. The predicted molar refractivity (Wildman–Crippen MR) is 41.3 cm³/mol. The van der Waals surface area contributed by atoms with Crippen molar-refractivity contribution >= 4 is 0 Å². The highest BCUT2D eigenvalue weighted by Crippen LogP contribution is 2.13. The topological polar surface area (TPSA) is 9.23 Å². The van der Waals surface area contributed by atoms with Crippen LogP contribution < -0.4 is 0 Å². The Balaban J connectivity index is 3.58. The number of ether oxygens (including phenoxy) is 1. The van der Waals surface area contributed by atoms with Crippen LogP contribution in [-0.4, -0.2) is 25.1 Å². The van der Waals surface area contributed by atoms with Crippen LogP contribution in [0.25, 0.3) is 0 Å². The van der Waals surface area contributed by atoms with Crippen molar-refractivity contribution in [1.82, 2.24) is 0 Å². The van der Waals surface area contributed by atoms with E-state index in [1.165, 1.54) is 13.8 Å². The molecule has 0 aromatic heterocycles. The quantitative estimate of drug-likeness (QED) is 0.601. The van der Waals surface area contributed by atoms with Gasteiger partial charge in [-0.05, 0) is 13.8 Å². The van der Waals surface area contributed by atoms with Crippen molar-refractivity contribution in [3.8, 4) is 0 Å². The molecule has 0 aliphatic rings. The zero-order valence-electron chi connectivity index (χ0n) is 7.64. The largest absolute Gasteiger partial charge is 0.375 e. The van der Waals surface area contributed by atoms with Crippen molar-refractivity contribution in [2.75, 3.05) is 0 Å². The zero-order valence-corrected chi connectivity index (χ0v) is 7.64. The molecule has 0 fully saturated rings. The second-order valence-corrected chi connectivity index (χ2v) is 3.01. The smallest absolute Gasteiger partial charge is 0.241 e. The van der Waals surface area contributed by atoms with Crippen LogP contribution in [0.2, 0.25) is 0 Å². The summed E-state index contributed by atoms with van der Waals surface area (Å²) < 4.78 is 52.0. The third kappa shape index (κ3) is 8.02. The van der Waals surface area contributed by atoms with Gasteiger partial charge in [-0.15, -0.1) is 0 Å². The third-order valence-corrected chi connectivity index (χ3v) is 1.48. The predicted octanol–water partition coefficient (Wildman–Crippen LogP) is 3.09. The molecule has 0 aromatic carbocycles. The molecule has 2 atom stereocenters. The normalized spacial score (nSPS) is 16.6. The van der Waals surface area contributed by atoms with Crippen molar-refractivity contribution in [3.63, 3.8) is 0 Å². The first-order valence-electron chi connectivity index (χ1n) is 4.13. The standard InChI is InChI=1S/C8H14F4O/c1-5(3-7(9)10)13-6(2)4-8(11)12/h5-8H,3-4H2,1-2H3. The summed E-state index contributed by atoms with van der Waals surface area (Å²) in [5.74, 6) is 0. The maximum atomic E-state index is 11.8. The van der Waals surface area contributed by atoms with Gasteiger partial charge in [0.15, 0.2) is 0 Å². The van der Waals surface area contributed by atoms with Gasteiger partial charge in [-0.3, -0.25) is 0 Å². The number of hydrogen-bond acceptors (Lipinski definition) is 1. The van der Waals surface area contributed by atoms with Crippen LogP contribution in [0.5, 0.6) is 0 Å². The van der Waals surface area contributed by atoms with E-state index < -0.39 is 37.9 Å². The van der Waals surface area contributed by atoms with Gasteiger partial charge in [-0.2, -0.15) is 0 Å². The molecule has 1 nitrogen and oxygen atoms in total. The SMILES string of the molecule is CC(CC(F)F)OC(C)CC(F)F. The number of rotatable bonds is 6. The summed E-state index contributed by atoms with van der Waals surface area (Å²) in [4.78, 5) is 0. The number of alkyl halides is 4. The van der Waals surface area contributed by atoms with Crippen LogP contribution in [0.4, 0.5) is 17.6 Å². The summed E-state index contributed by atoms with van der Waals surface area (Å²) in [6, 6.07) is 0. The summed E-state index contributed by atoms with van der Waals surface area (Å²) in [6.07, 6.45) is -7.06. The number of halogens is 4. The molecule has 0 aliphatic carbocycles. The highest BCUT2D eigenvalue weighted by Gasteiger charge is 2.16. The Morgan fingerprint density at radius 1 is 0.846 bits per heavy atom. The Hall–Kier alpha value is -0.320. The lowest BCUT2D eigenvalue weighted by molar-refractivity contribution is -0.0473. The minimum atomic E-state index is -2.45. The molecular formula is C8H14F4O. The zero-order chi connectivity index (χ0) is 10.4. The first kappa shape index (κ1) is 12.7. The Labute approximate surface area is 75.1 Å². The molecule has 0 bridgehead atoms. The molecule has 13 heavy (non-hydrogen) atoms. The van der Waals surface area contributed by atoms with E-state index in [1.807, 2.05) is 0 Å². The Morgan fingerprint density at radius 3 is 1.38 bits per heavy atom. The van der Waals surface area contributed by atoms with Gasteiger partial charge < -0.3 is 4.74 Å². The molecule has 0 amide bonds. The molecule has 0 radical (unpaired) electrons. The van der Waals surface area contributed by atoms with Crippen LogP contribution >= 0.6 is 0 Å². The van der Waals surface area contributed by atoms with Gasteiger partial charge in [0.05, 0.1) is 12.2 Å². The maximum Gasteiger partial charge on any atom is 0.241 e. The Bertz CT molecular complexity index is 115. The second kappa shape index (κ2) is 6.18. The van der Waals surface area contributed by atoms with Gasteiger partial charge in [0.2, 0.25) is 12.9 Å². The van der Waals surface area contributed by atoms with E-state index >= 15 is 0 Å². The first-order chi connectivity index (χ1) is 5.91. The van der Waals surface area contributed by atoms with Crippen LogP contribution in [0, 0.1) is 0 Å².